The summed E-state index contributed by atoms with van der Waals surface area (Å²) < 4.78 is 7.16. The van der Waals surface area contributed by atoms with Crippen molar-refractivity contribution in [3.8, 4) is 5.75 Å². The lowest BCUT2D eigenvalue weighted by molar-refractivity contribution is -0.117. The van der Waals surface area contributed by atoms with Crippen molar-refractivity contribution in [3.05, 3.63) is 42.2 Å². The fourth-order valence-electron chi connectivity index (χ4n) is 1.86. The molecule has 0 aliphatic carbocycles. The topological polar surface area (TPSA) is 82.2 Å². The number of aryl methyl sites for hydroxylation is 1. The van der Waals surface area contributed by atoms with Crippen molar-refractivity contribution >= 4 is 11.6 Å². The van der Waals surface area contributed by atoms with E-state index in [0.717, 1.165) is 5.75 Å². The number of amides is 1. The minimum absolute atomic E-state index is 0.115. The fraction of sp³-hybridized carbons (Fsp3) is 0.333. The molecule has 1 amide bonds. The van der Waals surface area contributed by atoms with Crippen LogP contribution in [0.25, 0.3) is 0 Å². The van der Waals surface area contributed by atoms with Crippen LogP contribution in [0.1, 0.15) is 25.5 Å². The molecule has 21 heavy (non-hydrogen) atoms. The van der Waals surface area contributed by atoms with Crippen LogP contribution < -0.4 is 15.8 Å². The van der Waals surface area contributed by atoms with E-state index in [4.69, 9.17) is 10.5 Å². The number of carbonyl (C=O) groups is 1. The molecule has 6 nitrogen and oxygen atoms in total. The van der Waals surface area contributed by atoms with Gasteiger partial charge in [0, 0.05) is 24.5 Å². The average Bonchev–Trinajstić information content (AvgIpc) is 2.86. The molecule has 0 saturated carbocycles. The number of ether oxygens (including phenoxy) is 1. The van der Waals surface area contributed by atoms with Gasteiger partial charge in [0.25, 0.3) is 0 Å². The summed E-state index contributed by atoms with van der Waals surface area (Å²) in [4.78, 5) is 12.1. The minimum Gasteiger partial charge on any atom is -0.491 e. The second-order valence-corrected chi connectivity index (χ2v) is 5.11. The third-order valence-corrected chi connectivity index (χ3v) is 2.86. The summed E-state index contributed by atoms with van der Waals surface area (Å²) in [6.45, 7) is 3.92. The predicted molar refractivity (Wildman–Crippen MR) is 81.0 cm³/mol. The maximum Gasteiger partial charge on any atom is 0.246 e. The van der Waals surface area contributed by atoms with Crippen molar-refractivity contribution in [2.75, 3.05) is 5.32 Å². The molecule has 0 aliphatic heterocycles. The van der Waals surface area contributed by atoms with Crippen molar-refractivity contribution in [3.63, 3.8) is 0 Å². The van der Waals surface area contributed by atoms with Gasteiger partial charge in [0.1, 0.15) is 11.8 Å². The number of hydrogen-bond donors (Lipinski definition) is 2. The van der Waals surface area contributed by atoms with Gasteiger partial charge in [-0.2, -0.15) is 5.10 Å². The standard InChI is InChI=1S/C15H20N4O2/c1-10(2)21-13-6-4-12(5-7-13)18-15(20)14(16)11-8-17-19(3)9-11/h4-10,14H,16H2,1-3H3,(H,18,20). The van der Waals surface area contributed by atoms with E-state index in [1.165, 1.54) is 0 Å². The van der Waals surface area contributed by atoms with Gasteiger partial charge in [-0.25, -0.2) is 0 Å². The normalized spacial score (nSPS) is 12.2. The molecule has 1 atom stereocenters. The Kier molecular flexibility index (Phi) is 4.59. The largest absolute Gasteiger partial charge is 0.491 e. The minimum atomic E-state index is -0.745. The lowest BCUT2D eigenvalue weighted by Crippen LogP contribution is -2.27. The number of rotatable bonds is 5. The molecular weight excluding hydrogens is 268 g/mol. The van der Waals surface area contributed by atoms with Gasteiger partial charge in [0.2, 0.25) is 5.91 Å². The highest BCUT2D eigenvalue weighted by Gasteiger charge is 2.17. The van der Waals surface area contributed by atoms with E-state index in [-0.39, 0.29) is 12.0 Å². The van der Waals surface area contributed by atoms with Gasteiger partial charge in [-0.05, 0) is 38.1 Å². The second kappa shape index (κ2) is 6.41. The number of nitrogens with two attached hydrogens (primary N) is 1. The Balaban J connectivity index is 1.99. The van der Waals surface area contributed by atoms with Crippen LogP contribution in [0, 0.1) is 0 Å². The van der Waals surface area contributed by atoms with Crippen LogP contribution in [-0.2, 0) is 11.8 Å². The van der Waals surface area contributed by atoms with Crippen LogP contribution in [0.4, 0.5) is 5.69 Å². The Bertz CT molecular complexity index is 604. The van der Waals surface area contributed by atoms with Crippen molar-refractivity contribution in [2.45, 2.75) is 26.0 Å². The Hall–Kier alpha value is -2.34. The second-order valence-electron chi connectivity index (χ2n) is 5.11. The van der Waals surface area contributed by atoms with E-state index in [0.29, 0.717) is 11.3 Å². The van der Waals surface area contributed by atoms with Crippen LogP contribution in [-0.4, -0.2) is 21.8 Å². The van der Waals surface area contributed by atoms with E-state index in [2.05, 4.69) is 10.4 Å². The highest BCUT2D eigenvalue weighted by molar-refractivity contribution is 5.95. The monoisotopic (exact) mass is 288 g/mol. The third-order valence-electron chi connectivity index (χ3n) is 2.86. The summed E-state index contributed by atoms with van der Waals surface area (Å²) in [5.74, 6) is 0.486. The van der Waals surface area contributed by atoms with E-state index in [9.17, 15) is 4.79 Å². The van der Waals surface area contributed by atoms with E-state index in [1.807, 2.05) is 26.0 Å². The van der Waals surface area contributed by atoms with Gasteiger partial charge >= 0.3 is 0 Å². The molecular formula is C15H20N4O2. The molecule has 0 radical (unpaired) electrons. The summed E-state index contributed by atoms with van der Waals surface area (Å²) >= 11 is 0. The first-order chi connectivity index (χ1) is 9.95. The first-order valence-electron chi connectivity index (χ1n) is 6.77. The number of nitrogens with zero attached hydrogens (tertiary/aromatic N) is 2. The number of nitrogens with one attached hydrogen (secondary N) is 1. The number of hydrogen-bond acceptors (Lipinski definition) is 4. The zero-order valence-electron chi connectivity index (χ0n) is 12.4. The van der Waals surface area contributed by atoms with Crippen molar-refractivity contribution in [2.24, 2.45) is 12.8 Å². The Morgan fingerprint density at radius 2 is 2.00 bits per heavy atom. The molecule has 0 fully saturated rings. The van der Waals surface area contributed by atoms with Gasteiger partial charge in [-0.3, -0.25) is 9.48 Å². The maximum atomic E-state index is 12.1. The molecule has 1 unspecified atom stereocenters. The molecule has 3 N–H and O–H groups in total. The van der Waals surface area contributed by atoms with Crippen LogP contribution in [0.3, 0.4) is 0 Å². The number of anilines is 1. The number of carbonyl (C=O) groups excluding carboxylic acids is 1. The smallest absolute Gasteiger partial charge is 0.246 e. The summed E-state index contributed by atoms with van der Waals surface area (Å²) in [6.07, 6.45) is 3.43. The van der Waals surface area contributed by atoms with Gasteiger partial charge in [-0.15, -0.1) is 0 Å². The van der Waals surface area contributed by atoms with Crippen LogP contribution in [0.15, 0.2) is 36.7 Å². The molecule has 0 aliphatic rings. The quantitative estimate of drug-likeness (QED) is 0.879. The zero-order chi connectivity index (χ0) is 15.4. The zero-order valence-corrected chi connectivity index (χ0v) is 12.4. The Morgan fingerprint density at radius 3 is 2.52 bits per heavy atom. The summed E-state index contributed by atoms with van der Waals surface area (Å²) in [5.41, 5.74) is 7.26. The molecule has 6 heteroatoms. The van der Waals surface area contributed by atoms with Crippen molar-refractivity contribution in [1.82, 2.24) is 9.78 Å². The van der Waals surface area contributed by atoms with Crippen molar-refractivity contribution < 1.29 is 9.53 Å². The molecule has 0 saturated heterocycles. The fourth-order valence-corrected chi connectivity index (χ4v) is 1.86. The SMILES string of the molecule is CC(C)Oc1ccc(NC(=O)C(N)c2cnn(C)c2)cc1. The lowest BCUT2D eigenvalue weighted by Gasteiger charge is -2.12. The van der Waals surface area contributed by atoms with Gasteiger partial charge in [-0.1, -0.05) is 0 Å². The molecule has 1 aromatic heterocycles. The molecule has 2 rings (SSSR count). The summed E-state index contributed by atoms with van der Waals surface area (Å²) in [6, 6.07) is 6.44. The summed E-state index contributed by atoms with van der Waals surface area (Å²) in [7, 11) is 1.78. The van der Waals surface area contributed by atoms with Crippen LogP contribution in [0.2, 0.25) is 0 Å². The van der Waals surface area contributed by atoms with E-state index >= 15 is 0 Å². The van der Waals surface area contributed by atoms with E-state index in [1.54, 1.807) is 36.3 Å². The highest BCUT2D eigenvalue weighted by Crippen LogP contribution is 2.18. The molecule has 0 bridgehead atoms. The lowest BCUT2D eigenvalue weighted by atomic mass is 10.1. The molecule has 1 aromatic carbocycles. The van der Waals surface area contributed by atoms with Gasteiger partial charge in [0.15, 0.2) is 0 Å². The molecule has 1 heterocycles. The predicted octanol–water partition coefficient (Wildman–Crippen LogP) is 1.85. The average molecular weight is 288 g/mol. The van der Waals surface area contributed by atoms with Gasteiger partial charge in [0.05, 0.1) is 12.3 Å². The molecule has 112 valence electrons. The Morgan fingerprint density at radius 1 is 1.33 bits per heavy atom. The van der Waals surface area contributed by atoms with E-state index < -0.39 is 6.04 Å². The molecule has 0 spiro atoms. The van der Waals surface area contributed by atoms with Crippen molar-refractivity contribution in [1.29, 1.82) is 0 Å². The first-order valence-corrected chi connectivity index (χ1v) is 6.77. The Labute approximate surface area is 123 Å². The number of aromatic nitrogens is 2. The molecule has 2 aromatic rings. The van der Waals surface area contributed by atoms with Gasteiger partial charge < -0.3 is 15.8 Å². The summed E-state index contributed by atoms with van der Waals surface area (Å²) in [5, 5.41) is 6.78. The third kappa shape index (κ3) is 4.06. The van der Waals surface area contributed by atoms with Crippen LogP contribution in [0.5, 0.6) is 5.75 Å². The first kappa shape index (κ1) is 15.1. The number of benzene rings is 1. The van der Waals surface area contributed by atoms with Crippen LogP contribution >= 0.6 is 0 Å². The highest BCUT2D eigenvalue weighted by atomic mass is 16.5. The maximum absolute atomic E-state index is 12.1.